The van der Waals surface area contributed by atoms with Crippen LogP contribution in [0.1, 0.15) is 45.4 Å². The number of ketones is 2. The van der Waals surface area contributed by atoms with Crippen molar-refractivity contribution in [2.24, 2.45) is 47.3 Å². The zero-order chi connectivity index (χ0) is 24.9. The number of hydrogen-bond acceptors (Lipinski definition) is 5. The molecule has 4 saturated carbocycles. The summed E-state index contributed by atoms with van der Waals surface area (Å²) in [5.41, 5.74) is 1.83. The van der Waals surface area contributed by atoms with Gasteiger partial charge < -0.3 is 4.79 Å². The Morgan fingerprint density at radius 3 is 1.77 bits per heavy atom. The van der Waals surface area contributed by atoms with E-state index in [1.807, 2.05) is 55.9 Å². The van der Waals surface area contributed by atoms with E-state index in [-0.39, 0.29) is 35.2 Å². The van der Waals surface area contributed by atoms with Crippen molar-refractivity contribution in [1.82, 2.24) is 9.97 Å². The number of rotatable bonds is 5. The van der Waals surface area contributed by atoms with E-state index >= 15 is 0 Å². The molecular formula is C28H31IN2O3Pd. The van der Waals surface area contributed by atoms with Crippen LogP contribution >= 0.6 is 19.5 Å². The smallest absolute Gasteiger partial charge is 0.0886 e. The van der Waals surface area contributed by atoms with E-state index in [1.165, 1.54) is 0 Å². The van der Waals surface area contributed by atoms with Crippen LogP contribution in [0.15, 0.2) is 48.8 Å². The first-order chi connectivity index (χ1) is 17.1. The molecule has 5 nitrogen and oxygen atoms in total. The number of halogens is 1. The van der Waals surface area contributed by atoms with Crippen molar-refractivity contribution in [3.63, 3.8) is 0 Å². The molecule has 2 aromatic heterocycles. The second-order valence-electron chi connectivity index (χ2n) is 10.3. The van der Waals surface area contributed by atoms with Crippen molar-refractivity contribution in [1.29, 1.82) is 0 Å². The van der Waals surface area contributed by atoms with Gasteiger partial charge in [-0.15, -0.1) is 5.92 Å². The first-order valence-corrected chi connectivity index (χ1v) is 17.1. The Hall–Kier alpha value is -1.30. The first-order valence-electron chi connectivity index (χ1n) is 12.4. The van der Waals surface area contributed by atoms with Crippen LogP contribution in [0.5, 0.6) is 0 Å². The first kappa shape index (κ1) is 26.8. The van der Waals surface area contributed by atoms with E-state index in [0.29, 0.717) is 23.7 Å². The number of nitrogens with zero attached hydrogens (tertiary/aromatic N) is 2. The van der Waals surface area contributed by atoms with E-state index in [2.05, 4.69) is 31.8 Å². The van der Waals surface area contributed by atoms with Gasteiger partial charge in [-0.1, -0.05) is 24.5 Å². The third kappa shape index (κ3) is 5.52. The van der Waals surface area contributed by atoms with Crippen molar-refractivity contribution < 1.29 is 30.0 Å². The Morgan fingerprint density at radius 2 is 1.29 bits per heavy atom. The SMILES string of the molecule is CC(=O)[C@H]1[C@@H]2CC[C@@H](C2)[C@H]1C(=O)[C@H]1[C@@H]2CC[C@@H](C2)[C@H]1[C-]=O.[Pd+][I].c1ccc(-c2ccccn2)nc1. The molecule has 8 atom stereocenters. The van der Waals surface area contributed by atoms with Gasteiger partial charge in [-0.3, -0.25) is 25.8 Å². The maximum absolute atomic E-state index is 13.2. The topological polar surface area (TPSA) is 77.0 Å². The predicted molar refractivity (Wildman–Crippen MR) is 138 cm³/mol. The zero-order valence-electron chi connectivity index (χ0n) is 19.8. The Balaban J connectivity index is 0.000000176. The summed E-state index contributed by atoms with van der Waals surface area (Å²) in [7, 11) is 0. The van der Waals surface area contributed by atoms with Crippen molar-refractivity contribution in [2.45, 2.75) is 45.4 Å². The summed E-state index contributed by atoms with van der Waals surface area (Å²) < 4.78 is 0. The Labute approximate surface area is 229 Å². The molecule has 35 heavy (non-hydrogen) atoms. The van der Waals surface area contributed by atoms with Crippen LogP contribution in [0.2, 0.25) is 0 Å². The standard InChI is InChI=1S/C18H23O3.C10H8N2.HI.Pd/c1-9(20)15-11-4-5-13(7-11)17(15)18(21)16-12-3-2-10(6-12)14(16)8-19;1-3-7-11-9(5-1)10-6-2-4-8-12-10;;/h10-17H,2-7H2,1H3;1-8H;1H;/q-1;;;+2/p-1/t10-,11+,12+,13-,14+,15-,16-,17+;;;/m0.../s1. The summed E-state index contributed by atoms with van der Waals surface area (Å²) in [6.07, 6.45) is 12.2. The van der Waals surface area contributed by atoms with Crippen LogP contribution in [-0.2, 0) is 30.0 Å². The Kier molecular flexibility index (Phi) is 9.40. The third-order valence-corrected chi connectivity index (χ3v) is 8.69. The molecule has 188 valence electrons. The van der Waals surface area contributed by atoms with Crippen molar-refractivity contribution in [3.8, 4) is 11.4 Å². The molecule has 0 spiro atoms. The summed E-state index contributed by atoms with van der Waals surface area (Å²) >= 11 is 4.72. The summed E-state index contributed by atoms with van der Waals surface area (Å²) in [5.74, 6) is 1.62. The van der Waals surface area contributed by atoms with Crippen LogP contribution in [0.25, 0.3) is 11.4 Å². The minimum atomic E-state index is -0.178. The molecule has 4 bridgehead atoms. The summed E-state index contributed by atoms with van der Waals surface area (Å²) in [6, 6.07) is 11.6. The molecular weight excluding hydrogens is 646 g/mol. The molecule has 0 unspecified atom stereocenters. The summed E-state index contributed by atoms with van der Waals surface area (Å²) in [4.78, 5) is 45.0. The summed E-state index contributed by atoms with van der Waals surface area (Å²) in [5, 5.41) is 0. The van der Waals surface area contributed by atoms with Gasteiger partial charge in [0.2, 0.25) is 0 Å². The van der Waals surface area contributed by atoms with Gasteiger partial charge in [0, 0.05) is 24.2 Å². The monoisotopic (exact) mass is 676 g/mol. The molecule has 7 heteroatoms. The molecule has 0 aromatic carbocycles. The average Bonchev–Trinajstić information content (AvgIpc) is 3.71. The fraction of sp³-hybridized carbons (Fsp3) is 0.536. The number of hydrogen-bond donors (Lipinski definition) is 0. The summed E-state index contributed by atoms with van der Waals surface area (Å²) in [6.45, 7) is 1.65. The molecule has 2 aromatic rings. The van der Waals surface area contributed by atoms with Crippen molar-refractivity contribution >= 4 is 37.4 Å². The van der Waals surface area contributed by atoms with E-state index in [4.69, 9.17) is 0 Å². The van der Waals surface area contributed by atoms with E-state index < -0.39 is 0 Å². The third-order valence-electron chi connectivity index (χ3n) is 8.69. The Morgan fingerprint density at radius 1 is 0.800 bits per heavy atom. The maximum Gasteiger partial charge on any atom is 0.0886 e. The molecule has 0 amide bonds. The van der Waals surface area contributed by atoms with Gasteiger partial charge >= 0.3 is 35.1 Å². The quantitative estimate of drug-likeness (QED) is 0.234. The largest absolute Gasteiger partial charge is 0.255 e. The molecule has 0 radical (unpaired) electrons. The number of fused-ring (bicyclic) bond motifs is 4. The van der Waals surface area contributed by atoms with Crippen LogP contribution < -0.4 is 0 Å². The second kappa shape index (κ2) is 12.3. The minimum Gasteiger partial charge on any atom is -0.255 e. The number of carbonyl (C=O) groups excluding carboxylic acids is 3. The normalized spacial score (nSPS) is 33.8. The molecule has 4 fully saturated rings. The zero-order valence-corrected chi connectivity index (χ0v) is 23.5. The van der Waals surface area contributed by atoms with Gasteiger partial charge in [0.05, 0.1) is 11.4 Å². The van der Waals surface area contributed by atoms with E-state index in [0.717, 1.165) is 49.9 Å². The molecule has 0 saturated heterocycles. The number of carbonyl (C=O) groups is 2. The molecule has 4 aliphatic carbocycles. The van der Waals surface area contributed by atoms with Crippen LogP contribution in [0.3, 0.4) is 0 Å². The molecule has 0 aliphatic heterocycles. The van der Waals surface area contributed by atoms with Gasteiger partial charge in [-0.2, -0.15) is 0 Å². The predicted octanol–water partition coefficient (Wildman–Crippen LogP) is 5.61. The fourth-order valence-corrected chi connectivity index (χ4v) is 7.41. The number of Topliss-reactive ketones (excluding diaryl/α,β-unsaturated/α-hetero) is 2. The van der Waals surface area contributed by atoms with Crippen LogP contribution in [0.4, 0.5) is 0 Å². The molecule has 6 rings (SSSR count). The molecule has 0 N–H and O–H groups in total. The number of pyridine rings is 2. The number of aromatic nitrogens is 2. The maximum atomic E-state index is 13.2. The second-order valence-corrected chi connectivity index (χ2v) is 10.3. The van der Waals surface area contributed by atoms with E-state index in [9.17, 15) is 14.4 Å². The van der Waals surface area contributed by atoms with Crippen molar-refractivity contribution in [2.75, 3.05) is 0 Å². The van der Waals surface area contributed by atoms with Gasteiger partial charge in [-0.05, 0) is 87.0 Å². The Bertz CT molecular complexity index is 984. The van der Waals surface area contributed by atoms with E-state index in [1.54, 1.807) is 19.3 Å². The average molecular weight is 677 g/mol. The van der Waals surface area contributed by atoms with Crippen molar-refractivity contribution in [3.05, 3.63) is 48.8 Å². The fourth-order valence-electron chi connectivity index (χ4n) is 7.41. The molecule has 4 aliphatic rings. The van der Waals surface area contributed by atoms with Crippen LogP contribution in [0, 0.1) is 47.3 Å². The van der Waals surface area contributed by atoms with Crippen LogP contribution in [-0.4, -0.2) is 27.8 Å². The van der Waals surface area contributed by atoms with Gasteiger partial charge in [0.15, 0.2) is 0 Å². The minimum absolute atomic E-state index is 0.0531. The van der Waals surface area contributed by atoms with Gasteiger partial charge in [0.25, 0.3) is 0 Å². The van der Waals surface area contributed by atoms with Gasteiger partial charge in [0.1, 0.15) is 11.6 Å². The molecule has 2 heterocycles. The van der Waals surface area contributed by atoms with Gasteiger partial charge in [-0.25, -0.2) is 0 Å².